The Hall–Kier alpha value is -2.41. The Morgan fingerprint density at radius 2 is 2.20 bits per heavy atom. The van der Waals surface area contributed by atoms with Gasteiger partial charge in [-0.2, -0.15) is 5.10 Å². The first kappa shape index (κ1) is 14.0. The maximum atomic E-state index is 12.2. The van der Waals surface area contributed by atoms with E-state index in [-0.39, 0.29) is 16.6 Å². The van der Waals surface area contributed by atoms with E-state index in [9.17, 15) is 9.90 Å². The van der Waals surface area contributed by atoms with E-state index >= 15 is 0 Å². The summed E-state index contributed by atoms with van der Waals surface area (Å²) in [5.41, 5.74) is 7.10. The second-order valence-electron chi connectivity index (χ2n) is 4.35. The van der Waals surface area contributed by atoms with Crippen molar-refractivity contribution in [3.05, 3.63) is 41.1 Å². The summed E-state index contributed by atoms with van der Waals surface area (Å²) in [7, 11) is 1.67. The van der Waals surface area contributed by atoms with Gasteiger partial charge in [0, 0.05) is 12.6 Å². The van der Waals surface area contributed by atoms with E-state index < -0.39 is 0 Å². The van der Waals surface area contributed by atoms with Crippen molar-refractivity contribution in [3.8, 4) is 5.75 Å². The third kappa shape index (κ3) is 2.62. The van der Waals surface area contributed by atoms with Crippen molar-refractivity contribution in [2.24, 2.45) is 12.8 Å². The molecule has 0 radical (unpaired) electrons. The third-order valence-corrected chi connectivity index (χ3v) is 3.13. The lowest BCUT2D eigenvalue weighted by molar-refractivity contribution is 0.102. The van der Waals surface area contributed by atoms with Crippen molar-refractivity contribution in [3.63, 3.8) is 0 Å². The summed E-state index contributed by atoms with van der Waals surface area (Å²) in [5.74, 6) is 0.112. The van der Waals surface area contributed by atoms with Crippen LogP contribution in [0.2, 0.25) is 0 Å². The molecule has 7 heteroatoms. The largest absolute Gasteiger partial charge is 0.508 e. The van der Waals surface area contributed by atoms with Crippen LogP contribution < -0.4 is 11.1 Å². The van der Waals surface area contributed by atoms with E-state index in [0.717, 1.165) is 0 Å². The molecule has 2 rings (SSSR count). The molecule has 0 aliphatic rings. The van der Waals surface area contributed by atoms with Crippen LogP contribution in [0.1, 0.15) is 21.5 Å². The van der Waals surface area contributed by atoms with Crippen LogP contribution in [0.25, 0.3) is 0 Å². The topological polar surface area (TPSA) is 93.2 Å². The second-order valence-corrected chi connectivity index (χ2v) is 4.79. The first-order valence-corrected chi connectivity index (χ1v) is 6.23. The zero-order valence-electron chi connectivity index (χ0n) is 11.0. The third-order valence-electron chi connectivity index (χ3n) is 2.91. The number of anilines is 1. The molecule has 0 bridgehead atoms. The van der Waals surface area contributed by atoms with Gasteiger partial charge in [-0.15, -0.1) is 0 Å². The van der Waals surface area contributed by atoms with Gasteiger partial charge in [0.05, 0.1) is 11.8 Å². The van der Waals surface area contributed by atoms with E-state index in [2.05, 4.69) is 10.4 Å². The molecule has 4 N–H and O–H groups in total. The van der Waals surface area contributed by atoms with E-state index in [1.807, 2.05) is 0 Å². The van der Waals surface area contributed by atoms with Crippen LogP contribution in [0.15, 0.2) is 24.4 Å². The number of aromatic nitrogens is 2. The fourth-order valence-corrected chi connectivity index (χ4v) is 1.85. The Morgan fingerprint density at radius 3 is 2.80 bits per heavy atom. The maximum Gasteiger partial charge on any atom is 0.256 e. The average molecular weight is 290 g/mol. The quantitative estimate of drug-likeness (QED) is 0.741. The predicted octanol–water partition coefficient (Wildman–Crippen LogP) is 1.32. The Labute approximate surface area is 121 Å². The average Bonchev–Trinajstić information content (AvgIpc) is 2.74. The molecule has 0 saturated heterocycles. The maximum absolute atomic E-state index is 12.2. The lowest BCUT2D eigenvalue weighted by Crippen LogP contribution is -2.18. The van der Waals surface area contributed by atoms with Crippen LogP contribution in [0.3, 0.4) is 0 Å². The first-order valence-electron chi connectivity index (χ1n) is 5.83. The van der Waals surface area contributed by atoms with Crippen molar-refractivity contribution in [1.82, 2.24) is 9.78 Å². The van der Waals surface area contributed by atoms with E-state index in [4.69, 9.17) is 18.0 Å². The summed E-state index contributed by atoms with van der Waals surface area (Å²) < 4.78 is 1.47. The minimum atomic E-state index is -0.374. The number of carbonyl (C=O) groups excluding carboxylic acids is 1. The molecule has 2 aromatic rings. The molecule has 104 valence electrons. The number of hydrogen-bond donors (Lipinski definition) is 3. The van der Waals surface area contributed by atoms with Crippen molar-refractivity contribution in [2.75, 3.05) is 5.32 Å². The minimum absolute atomic E-state index is 0.0669. The van der Waals surface area contributed by atoms with Gasteiger partial charge in [0.2, 0.25) is 0 Å². The lowest BCUT2D eigenvalue weighted by Gasteiger charge is -2.08. The summed E-state index contributed by atoms with van der Waals surface area (Å²) in [5, 5.41) is 16.3. The molecular weight excluding hydrogens is 276 g/mol. The number of thiocarbonyl (C=S) groups is 1. The molecular formula is C13H14N4O2S. The van der Waals surface area contributed by atoms with Gasteiger partial charge in [-0.25, -0.2) is 0 Å². The number of rotatable bonds is 3. The highest BCUT2D eigenvalue weighted by Gasteiger charge is 2.15. The minimum Gasteiger partial charge on any atom is -0.508 e. The van der Waals surface area contributed by atoms with Gasteiger partial charge in [-0.05, 0) is 24.6 Å². The first-order chi connectivity index (χ1) is 9.40. The summed E-state index contributed by atoms with van der Waals surface area (Å²) in [4.78, 5) is 12.3. The number of carbonyl (C=O) groups is 1. The number of benzene rings is 1. The zero-order valence-corrected chi connectivity index (χ0v) is 11.9. The molecule has 1 heterocycles. The second kappa shape index (κ2) is 5.30. The van der Waals surface area contributed by atoms with Crippen molar-refractivity contribution in [1.29, 1.82) is 0 Å². The molecule has 1 amide bonds. The Bertz CT molecular complexity index is 694. The van der Waals surface area contributed by atoms with Gasteiger partial charge in [-0.1, -0.05) is 18.3 Å². The Kier molecular flexibility index (Phi) is 3.71. The zero-order chi connectivity index (χ0) is 14.9. The molecule has 0 saturated carbocycles. The molecule has 0 fully saturated rings. The van der Waals surface area contributed by atoms with Gasteiger partial charge in [0.15, 0.2) is 0 Å². The SMILES string of the molecule is Cc1ccc(C(=O)Nc2c(C(N)=S)cnn2C)cc1O. The number of phenolic OH excluding ortho intramolecular Hbond substituents is 1. The smallest absolute Gasteiger partial charge is 0.256 e. The monoisotopic (exact) mass is 290 g/mol. The van der Waals surface area contributed by atoms with Crippen molar-refractivity contribution in [2.45, 2.75) is 6.92 Å². The van der Waals surface area contributed by atoms with Crippen LogP contribution in [0.5, 0.6) is 5.75 Å². The van der Waals surface area contributed by atoms with E-state index in [1.54, 1.807) is 26.1 Å². The lowest BCUT2D eigenvalue weighted by atomic mass is 10.1. The molecule has 0 aliphatic carbocycles. The highest BCUT2D eigenvalue weighted by Crippen LogP contribution is 2.19. The number of nitrogens with zero attached hydrogens (tertiary/aromatic N) is 2. The van der Waals surface area contributed by atoms with E-state index in [1.165, 1.54) is 16.9 Å². The molecule has 1 aromatic heterocycles. The summed E-state index contributed by atoms with van der Waals surface area (Å²) in [6.45, 7) is 1.75. The fraction of sp³-hybridized carbons (Fsp3) is 0.154. The Balaban J connectivity index is 2.30. The highest BCUT2D eigenvalue weighted by atomic mass is 32.1. The summed E-state index contributed by atoms with van der Waals surface area (Å²) in [6.07, 6.45) is 1.49. The van der Waals surface area contributed by atoms with Gasteiger partial charge < -0.3 is 16.2 Å². The van der Waals surface area contributed by atoms with Crippen LogP contribution >= 0.6 is 12.2 Å². The number of amides is 1. The Morgan fingerprint density at radius 1 is 1.50 bits per heavy atom. The van der Waals surface area contributed by atoms with E-state index in [0.29, 0.717) is 22.5 Å². The number of hydrogen-bond acceptors (Lipinski definition) is 4. The van der Waals surface area contributed by atoms with Crippen molar-refractivity contribution >= 4 is 28.9 Å². The van der Waals surface area contributed by atoms with Gasteiger partial charge >= 0.3 is 0 Å². The molecule has 20 heavy (non-hydrogen) atoms. The van der Waals surface area contributed by atoms with Gasteiger partial charge in [0.25, 0.3) is 5.91 Å². The normalized spacial score (nSPS) is 10.3. The van der Waals surface area contributed by atoms with Gasteiger partial charge in [-0.3, -0.25) is 9.48 Å². The number of aryl methyl sites for hydroxylation is 2. The summed E-state index contributed by atoms with van der Waals surface area (Å²) in [6, 6.07) is 4.70. The van der Waals surface area contributed by atoms with Crippen molar-refractivity contribution < 1.29 is 9.90 Å². The summed E-state index contributed by atoms with van der Waals surface area (Å²) >= 11 is 4.90. The standard InChI is InChI=1S/C13H14N4O2S/c1-7-3-4-8(5-10(7)18)13(19)16-12-9(11(14)20)6-15-17(12)2/h3-6,18H,1-2H3,(H2,14,20)(H,16,19). The molecule has 0 spiro atoms. The number of nitrogens with one attached hydrogen (secondary N) is 1. The number of aromatic hydroxyl groups is 1. The fourth-order valence-electron chi connectivity index (χ4n) is 1.70. The van der Waals surface area contributed by atoms with Gasteiger partial charge in [0.1, 0.15) is 16.6 Å². The molecule has 0 unspecified atom stereocenters. The van der Waals surface area contributed by atoms with Crippen LogP contribution in [-0.2, 0) is 7.05 Å². The molecule has 0 atom stereocenters. The molecule has 0 aliphatic heterocycles. The molecule has 6 nitrogen and oxygen atoms in total. The molecule has 1 aromatic carbocycles. The van der Waals surface area contributed by atoms with Crippen LogP contribution in [0.4, 0.5) is 5.82 Å². The highest BCUT2D eigenvalue weighted by molar-refractivity contribution is 7.80. The predicted molar refractivity (Wildman–Crippen MR) is 79.9 cm³/mol. The van der Waals surface area contributed by atoms with Crippen LogP contribution in [-0.4, -0.2) is 25.8 Å². The van der Waals surface area contributed by atoms with Crippen LogP contribution in [0, 0.1) is 6.92 Å². The number of phenols is 1. The number of nitrogens with two attached hydrogens (primary N) is 1.